The molecule has 0 aromatic heterocycles. The van der Waals surface area contributed by atoms with Crippen LogP contribution in [0.25, 0.3) is 0 Å². The summed E-state index contributed by atoms with van der Waals surface area (Å²) in [7, 11) is 0. The van der Waals surface area contributed by atoms with Gasteiger partial charge in [0.25, 0.3) is 5.91 Å². The number of aromatic carboxylic acids is 1. The van der Waals surface area contributed by atoms with E-state index in [0.29, 0.717) is 11.3 Å². The molecule has 0 saturated heterocycles. The Hall–Kier alpha value is -3.29. The van der Waals surface area contributed by atoms with Crippen molar-refractivity contribution >= 4 is 52.5 Å². The molecule has 164 valence electrons. The van der Waals surface area contributed by atoms with E-state index in [0.717, 1.165) is 10.5 Å². The molecule has 6 nitrogen and oxygen atoms in total. The molecular weight excluding hydrogens is 448 g/mol. The first-order valence-electron chi connectivity index (χ1n) is 9.71. The molecular formula is C24H21ClN2O4S. The van der Waals surface area contributed by atoms with Crippen molar-refractivity contribution in [3.8, 4) is 0 Å². The van der Waals surface area contributed by atoms with Gasteiger partial charge < -0.3 is 15.7 Å². The molecule has 0 bridgehead atoms. The summed E-state index contributed by atoms with van der Waals surface area (Å²) in [4.78, 5) is 37.0. The second-order valence-corrected chi connectivity index (χ2v) is 8.92. The van der Waals surface area contributed by atoms with Crippen molar-refractivity contribution < 1.29 is 19.5 Å². The third-order valence-electron chi connectivity index (χ3n) is 4.56. The Morgan fingerprint density at radius 1 is 0.938 bits per heavy atom. The summed E-state index contributed by atoms with van der Waals surface area (Å²) >= 11 is 7.39. The van der Waals surface area contributed by atoms with Crippen LogP contribution in [0.3, 0.4) is 0 Å². The van der Waals surface area contributed by atoms with E-state index in [1.54, 1.807) is 37.3 Å². The van der Waals surface area contributed by atoms with Crippen LogP contribution in [-0.4, -0.2) is 28.1 Å². The van der Waals surface area contributed by atoms with Gasteiger partial charge in [0.05, 0.1) is 21.5 Å². The average molecular weight is 469 g/mol. The van der Waals surface area contributed by atoms with Gasteiger partial charge in [-0.05, 0) is 62.4 Å². The number of thioether (sulfide) groups is 1. The number of carbonyl (C=O) groups excluding carboxylic acids is 2. The lowest BCUT2D eigenvalue weighted by atomic mass is 10.1. The third kappa shape index (κ3) is 6.12. The van der Waals surface area contributed by atoms with Crippen LogP contribution in [0.4, 0.5) is 11.4 Å². The van der Waals surface area contributed by atoms with Crippen LogP contribution in [0.15, 0.2) is 71.6 Å². The van der Waals surface area contributed by atoms with Gasteiger partial charge in [0, 0.05) is 16.1 Å². The molecule has 8 heteroatoms. The highest BCUT2D eigenvalue weighted by Gasteiger charge is 2.17. The zero-order chi connectivity index (χ0) is 23.3. The van der Waals surface area contributed by atoms with Crippen LogP contribution >= 0.6 is 23.4 Å². The standard InChI is InChI=1S/C24H21ClN2O4S/c1-14-6-8-16(9-7-14)23(29)26-18-4-3-5-19(13-18)32-15(2)22(28)27-21-12-17(24(30)31)10-11-20(21)25/h3-13,15H,1-2H3,(H,26,29)(H,27,28)(H,30,31). The molecule has 0 saturated carbocycles. The Morgan fingerprint density at radius 3 is 2.31 bits per heavy atom. The Morgan fingerprint density at radius 2 is 1.62 bits per heavy atom. The first-order chi connectivity index (χ1) is 15.2. The number of carbonyl (C=O) groups is 3. The molecule has 2 amide bonds. The molecule has 0 heterocycles. The maximum absolute atomic E-state index is 12.6. The minimum atomic E-state index is -1.11. The summed E-state index contributed by atoms with van der Waals surface area (Å²) in [6, 6.07) is 18.6. The second-order valence-electron chi connectivity index (χ2n) is 7.10. The molecule has 1 unspecified atom stereocenters. The van der Waals surface area contributed by atoms with Crippen molar-refractivity contribution in [3.05, 3.63) is 88.4 Å². The normalized spacial score (nSPS) is 11.5. The zero-order valence-electron chi connectivity index (χ0n) is 17.4. The fourth-order valence-electron chi connectivity index (χ4n) is 2.80. The van der Waals surface area contributed by atoms with E-state index in [9.17, 15) is 14.4 Å². The number of nitrogens with one attached hydrogen (secondary N) is 2. The van der Waals surface area contributed by atoms with Gasteiger partial charge in [0.1, 0.15) is 0 Å². The molecule has 3 N–H and O–H groups in total. The zero-order valence-corrected chi connectivity index (χ0v) is 19.0. The van der Waals surface area contributed by atoms with Crippen molar-refractivity contribution in [2.75, 3.05) is 10.6 Å². The smallest absolute Gasteiger partial charge is 0.335 e. The molecule has 0 aliphatic heterocycles. The summed E-state index contributed by atoms with van der Waals surface area (Å²) in [5, 5.41) is 14.4. The molecule has 3 aromatic rings. The molecule has 0 aliphatic carbocycles. The largest absolute Gasteiger partial charge is 0.478 e. The van der Waals surface area contributed by atoms with Crippen LogP contribution < -0.4 is 10.6 Å². The maximum atomic E-state index is 12.6. The summed E-state index contributed by atoms with van der Waals surface area (Å²) in [5.41, 5.74) is 2.51. The fraction of sp³-hybridized carbons (Fsp3) is 0.125. The molecule has 0 radical (unpaired) electrons. The van der Waals surface area contributed by atoms with E-state index in [4.69, 9.17) is 16.7 Å². The van der Waals surface area contributed by atoms with Gasteiger partial charge in [-0.25, -0.2) is 4.79 Å². The van der Waals surface area contributed by atoms with Gasteiger partial charge in [0.2, 0.25) is 5.91 Å². The maximum Gasteiger partial charge on any atom is 0.335 e. The first-order valence-corrected chi connectivity index (χ1v) is 11.0. The highest BCUT2D eigenvalue weighted by Crippen LogP contribution is 2.28. The molecule has 0 aliphatic rings. The van der Waals surface area contributed by atoms with E-state index >= 15 is 0 Å². The van der Waals surface area contributed by atoms with Crippen LogP contribution in [0.1, 0.15) is 33.2 Å². The van der Waals surface area contributed by atoms with Crippen molar-refractivity contribution in [2.24, 2.45) is 0 Å². The number of rotatable bonds is 7. The number of halogens is 1. The van der Waals surface area contributed by atoms with Crippen LogP contribution in [0.5, 0.6) is 0 Å². The predicted octanol–water partition coefficient (Wildman–Crippen LogP) is 5.72. The lowest BCUT2D eigenvalue weighted by Crippen LogP contribution is -2.22. The summed E-state index contributed by atoms with van der Waals surface area (Å²) in [5.74, 6) is -1.65. The Balaban J connectivity index is 1.65. The van der Waals surface area contributed by atoms with E-state index in [1.807, 2.05) is 25.1 Å². The molecule has 32 heavy (non-hydrogen) atoms. The number of hydrogen-bond donors (Lipinski definition) is 3. The van der Waals surface area contributed by atoms with Crippen molar-refractivity contribution in [3.63, 3.8) is 0 Å². The predicted molar refractivity (Wildman–Crippen MR) is 128 cm³/mol. The quantitative estimate of drug-likeness (QED) is 0.385. The van der Waals surface area contributed by atoms with Crippen molar-refractivity contribution in [2.45, 2.75) is 24.0 Å². The van der Waals surface area contributed by atoms with Gasteiger partial charge in [0.15, 0.2) is 0 Å². The number of hydrogen-bond acceptors (Lipinski definition) is 4. The topological polar surface area (TPSA) is 95.5 Å². The number of amides is 2. The van der Waals surface area contributed by atoms with Gasteiger partial charge in [-0.15, -0.1) is 11.8 Å². The van der Waals surface area contributed by atoms with E-state index < -0.39 is 11.2 Å². The number of anilines is 2. The SMILES string of the molecule is Cc1ccc(C(=O)Nc2cccc(SC(C)C(=O)Nc3cc(C(=O)O)ccc3Cl)c2)cc1. The third-order valence-corrected chi connectivity index (χ3v) is 5.98. The van der Waals surface area contributed by atoms with Crippen molar-refractivity contribution in [1.82, 2.24) is 0 Å². The minimum absolute atomic E-state index is 0.0297. The number of carboxylic acids is 1. The summed E-state index contributed by atoms with van der Waals surface area (Å²) in [6.07, 6.45) is 0. The van der Waals surface area contributed by atoms with Gasteiger partial charge >= 0.3 is 5.97 Å². The van der Waals surface area contributed by atoms with Crippen LogP contribution in [0.2, 0.25) is 5.02 Å². The lowest BCUT2D eigenvalue weighted by molar-refractivity contribution is -0.115. The summed E-state index contributed by atoms with van der Waals surface area (Å²) < 4.78 is 0. The van der Waals surface area contributed by atoms with Gasteiger partial charge in [-0.1, -0.05) is 35.4 Å². The molecule has 3 rings (SSSR count). The molecule has 3 aromatic carbocycles. The van der Waals surface area contributed by atoms with Crippen molar-refractivity contribution in [1.29, 1.82) is 0 Å². The minimum Gasteiger partial charge on any atom is -0.478 e. The monoisotopic (exact) mass is 468 g/mol. The second kappa shape index (κ2) is 10.3. The van der Waals surface area contributed by atoms with Gasteiger partial charge in [-0.2, -0.15) is 0 Å². The van der Waals surface area contributed by atoms with E-state index in [2.05, 4.69) is 10.6 Å². The highest BCUT2D eigenvalue weighted by molar-refractivity contribution is 8.00. The molecule has 0 spiro atoms. The van der Waals surface area contributed by atoms with Crippen LogP contribution in [0, 0.1) is 6.92 Å². The Labute approximate surface area is 195 Å². The molecule has 0 fully saturated rings. The summed E-state index contributed by atoms with van der Waals surface area (Å²) in [6.45, 7) is 3.68. The first kappa shape index (κ1) is 23.4. The molecule has 1 atom stereocenters. The fourth-order valence-corrected chi connectivity index (χ4v) is 3.89. The van der Waals surface area contributed by atoms with E-state index in [-0.39, 0.29) is 28.1 Å². The van der Waals surface area contributed by atoms with Crippen LogP contribution in [-0.2, 0) is 4.79 Å². The number of aryl methyl sites for hydroxylation is 1. The lowest BCUT2D eigenvalue weighted by Gasteiger charge is -2.14. The van der Waals surface area contributed by atoms with Gasteiger partial charge in [-0.3, -0.25) is 9.59 Å². The number of carboxylic acid groups (broad SMARTS) is 1. The number of benzene rings is 3. The average Bonchev–Trinajstić information content (AvgIpc) is 2.75. The Kier molecular flexibility index (Phi) is 7.56. The highest BCUT2D eigenvalue weighted by atomic mass is 35.5. The Bertz CT molecular complexity index is 1160. The van der Waals surface area contributed by atoms with E-state index in [1.165, 1.54) is 30.0 Å².